The number of carbonyl (C=O) groups excluding carboxylic acids is 1. The molecule has 7 atom stereocenters. The summed E-state index contributed by atoms with van der Waals surface area (Å²) in [5, 5.41) is 23.8. The van der Waals surface area contributed by atoms with Crippen molar-refractivity contribution in [3.8, 4) is 11.5 Å². The average Bonchev–Trinajstić information content (AvgIpc) is 3.42. The Labute approximate surface area is 202 Å². The number of benzene rings is 1. The van der Waals surface area contributed by atoms with Crippen molar-refractivity contribution in [2.24, 2.45) is 34.5 Å². The van der Waals surface area contributed by atoms with E-state index in [1.165, 1.54) is 5.57 Å². The normalized spacial score (nSPS) is 39.1. The van der Waals surface area contributed by atoms with Gasteiger partial charge in [-0.15, -0.1) is 0 Å². The molecule has 3 saturated carbocycles. The van der Waals surface area contributed by atoms with E-state index < -0.39 is 0 Å². The van der Waals surface area contributed by atoms with Gasteiger partial charge in [-0.05, 0) is 97.6 Å². The first-order valence-electron chi connectivity index (χ1n) is 12.9. The number of aliphatic hydroxyl groups is 2. The molecule has 4 aliphatic rings. The quantitative estimate of drug-likeness (QED) is 0.560. The summed E-state index contributed by atoms with van der Waals surface area (Å²) in [5.41, 5.74) is 2.00. The fourth-order valence-corrected chi connectivity index (χ4v) is 7.82. The van der Waals surface area contributed by atoms with Gasteiger partial charge in [-0.1, -0.05) is 26.0 Å². The standard InChI is InChI=1S/C28H39NO5/c1-17-4-6-22-21(14-29-26(32)18-5-7-24-25(12-18)34-16-33-24)23(9-11-27(17,22)2)28(3)10-8-20(31)13-19(28)15-30/h5,7,12,19-23,30-31H,1,4,6,8-11,13-16H2,2-3H3,(H,29,32)/t19-,20+,21+,22+,23+,27-,28-/m1/s1. The highest BCUT2D eigenvalue weighted by Crippen LogP contribution is 2.63. The molecule has 34 heavy (non-hydrogen) atoms. The monoisotopic (exact) mass is 469 g/mol. The maximum absolute atomic E-state index is 13.2. The molecule has 0 spiro atoms. The molecule has 3 aliphatic carbocycles. The smallest absolute Gasteiger partial charge is 0.251 e. The lowest BCUT2D eigenvalue weighted by Crippen LogP contribution is -2.53. The maximum Gasteiger partial charge on any atom is 0.251 e. The summed E-state index contributed by atoms with van der Waals surface area (Å²) in [6.07, 6.45) is 6.39. The second kappa shape index (κ2) is 8.87. The molecule has 1 aliphatic heterocycles. The molecule has 6 nitrogen and oxygen atoms in total. The Bertz CT molecular complexity index is 962. The summed E-state index contributed by atoms with van der Waals surface area (Å²) in [5.74, 6) is 2.45. The number of hydrogen-bond acceptors (Lipinski definition) is 5. The summed E-state index contributed by atoms with van der Waals surface area (Å²) in [6, 6.07) is 5.33. The van der Waals surface area contributed by atoms with Gasteiger partial charge in [0.2, 0.25) is 6.79 Å². The third-order valence-corrected chi connectivity index (χ3v) is 10.1. The van der Waals surface area contributed by atoms with E-state index in [1.54, 1.807) is 18.2 Å². The summed E-state index contributed by atoms with van der Waals surface area (Å²) in [4.78, 5) is 13.2. The number of rotatable bonds is 5. The Morgan fingerprint density at radius 3 is 2.74 bits per heavy atom. The molecule has 1 aromatic rings. The zero-order valence-corrected chi connectivity index (χ0v) is 20.5. The molecule has 186 valence electrons. The van der Waals surface area contributed by atoms with Crippen molar-refractivity contribution in [3.05, 3.63) is 35.9 Å². The van der Waals surface area contributed by atoms with E-state index in [0.29, 0.717) is 47.8 Å². The SMILES string of the molecule is C=C1CC[C@H]2[C@H](CNC(=O)c3ccc4c(c3)OCO4)[C@@H]([C@]3(C)CC[C@H](O)C[C@@H]3CO)CC[C@]12C. The van der Waals surface area contributed by atoms with Gasteiger partial charge in [0.25, 0.3) is 5.91 Å². The Morgan fingerprint density at radius 1 is 1.15 bits per heavy atom. The van der Waals surface area contributed by atoms with E-state index in [0.717, 1.165) is 38.5 Å². The van der Waals surface area contributed by atoms with Gasteiger partial charge in [-0.3, -0.25) is 4.79 Å². The first-order chi connectivity index (χ1) is 16.3. The Balaban J connectivity index is 1.39. The second-order valence-corrected chi connectivity index (χ2v) is 11.6. The van der Waals surface area contributed by atoms with Crippen molar-refractivity contribution in [2.75, 3.05) is 19.9 Å². The minimum absolute atomic E-state index is 0.0482. The highest BCUT2D eigenvalue weighted by Gasteiger charge is 2.56. The summed E-state index contributed by atoms with van der Waals surface area (Å²) < 4.78 is 10.8. The van der Waals surface area contributed by atoms with Crippen LogP contribution in [0.1, 0.15) is 69.2 Å². The Hall–Kier alpha value is -2.05. The maximum atomic E-state index is 13.2. The molecular formula is C28H39NO5. The first kappa shape index (κ1) is 23.7. The minimum Gasteiger partial charge on any atom is -0.454 e. The second-order valence-electron chi connectivity index (χ2n) is 11.6. The van der Waals surface area contributed by atoms with Crippen LogP contribution in [0.15, 0.2) is 30.4 Å². The predicted molar refractivity (Wildman–Crippen MR) is 130 cm³/mol. The van der Waals surface area contributed by atoms with Gasteiger partial charge in [0.1, 0.15) is 0 Å². The van der Waals surface area contributed by atoms with Crippen LogP contribution in [0.5, 0.6) is 11.5 Å². The van der Waals surface area contributed by atoms with Gasteiger partial charge < -0.3 is 25.0 Å². The third kappa shape index (κ3) is 3.83. The van der Waals surface area contributed by atoms with Gasteiger partial charge in [-0.2, -0.15) is 0 Å². The largest absolute Gasteiger partial charge is 0.454 e. The van der Waals surface area contributed by atoms with Crippen LogP contribution in [-0.2, 0) is 0 Å². The predicted octanol–water partition coefficient (Wildman–Crippen LogP) is 4.30. The number of ether oxygens (including phenoxy) is 2. The van der Waals surface area contributed by atoms with E-state index in [9.17, 15) is 15.0 Å². The molecule has 0 aromatic heterocycles. The van der Waals surface area contributed by atoms with E-state index in [1.807, 2.05) is 0 Å². The zero-order valence-electron chi connectivity index (χ0n) is 20.5. The van der Waals surface area contributed by atoms with Gasteiger partial charge in [0, 0.05) is 18.7 Å². The number of hydrogen-bond donors (Lipinski definition) is 3. The van der Waals surface area contributed by atoms with Gasteiger partial charge in [-0.25, -0.2) is 0 Å². The van der Waals surface area contributed by atoms with E-state index in [2.05, 4.69) is 25.7 Å². The van der Waals surface area contributed by atoms with E-state index in [-0.39, 0.29) is 42.2 Å². The molecule has 0 unspecified atom stereocenters. The van der Waals surface area contributed by atoms with Crippen LogP contribution in [0.2, 0.25) is 0 Å². The van der Waals surface area contributed by atoms with Crippen molar-refractivity contribution < 1.29 is 24.5 Å². The number of aliphatic hydroxyl groups excluding tert-OH is 2. The molecular weight excluding hydrogens is 430 g/mol. The minimum atomic E-state index is -0.325. The summed E-state index contributed by atoms with van der Waals surface area (Å²) in [7, 11) is 0. The molecule has 3 fully saturated rings. The molecule has 0 bridgehead atoms. The molecule has 1 heterocycles. The van der Waals surface area contributed by atoms with Gasteiger partial charge in [0.05, 0.1) is 6.10 Å². The number of allylic oxidation sites excluding steroid dienone is 1. The molecule has 6 heteroatoms. The van der Waals surface area contributed by atoms with Gasteiger partial charge >= 0.3 is 0 Å². The average molecular weight is 470 g/mol. The van der Waals surface area contributed by atoms with E-state index >= 15 is 0 Å². The molecule has 5 rings (SSSR count). The fourth-order valence-electron chi connectivity index (χ4n) is 7.82. The molecule has 1 aromatic carbocycles. The van der Waals surface area contributed by atoms with Crippen molar-refractivity contribution in [2.45, 2.75) is 64.9 Å². The topological polar surface area (TPSA) is 88.0 Å². The van der Waals surface area contributed by atoms with Crippen LogP contribution in [-0.4, -0.2) is 42.2 Å². The van der Waals surface area contributed by atoms with Crippen LogP contribution in [0.3, 0.4) is 0 Å². The molecule has 3 N–H and O–H groups in total. The van der Waals surface area contributed by atoms with E-state index in [4.69, 9.17) is 9.47 Å². The zero-order chi connectivity index (χ0) is 24.1. The third-order valence-electron chi connectivity index (χ3n) is 10.1. The van der Waals surface area contributed by atoms with Crippen LogP contribution >= 0.6 is 0 Å². The first-order valence-corrected chi connectivity index (χ1v) is 12.9. The van der Waals surface area contributed by atoms with Crippen molar-refractivity contribution in [1.82, 2.24) is 5.32 Å². The van der Waals surface area contributed by atoms with Crippen molar-refractivity contribution >= 4 is 5.91 Å². The molecule has 0 saturated heterocycles. The lowest BCUT2D eigenvalue weighted by atomic mass is 9.49. The van der Waals surface area contributed by atoms with Crippen molar-refractivity contribution in [1.29, 1.82) is 0 Å². The fraction of sp³-hybridized carbons (Fsp3) is 0.679. The Kier molecular flexibility index (Phi) is 6.18. The lowest BCUT2D eigenvalue weighted by Gasteiger charge is -2.56. The Morgan fingerprint density at radius 2 is 1.94 bits per heavy atom. The summed E-state index contributed by atoms with van der Waals surface area (Å²) >= 11 is 0. The number of fused-ring (bicyclic) bond motifs is 2. The molecule has 1 amide bonds. The molecule has 0 radical (unpaired) electrons. The van der Waals surface area contributed by atoms with Crippen LogP contribution < -0.4 is 14.8 Å². The van der Waals surface area contributed by atoms with Gasteiger partial charge in [0.15, 0.2) is 11.5 Å². The lowest BCUT2D eigenvalue weighted by molar-refractivity contribution is -0.0928. The number of amides is 1. The van der Waals surface area contributed by atoms with Crippen molar-refractivity contribution in [3.63, 3.8) is 0 Å². The van der Waals surface area contributed by atoms with Crippen LogP contribution in [0.4, 0.5) is 0 Å². The van der Waals surface area contributed by atoms with Crippen LogP contribution in [0, 0.1) is 34.5 Å². The summed E-state index contributed by atoms with van der Waals surface area (Å²) in [6.45, 7) is 10.0. The van der Waals surface area contributed by atoms with Crippen LogP contribution in [0.25, 0.3) is 0 Å². The highest BCUT2D eigenvalue weighted by molar-refractivity contribution is 5.94. The number of nitrogens with one attached hydrogen (secondary N) is 1. The highest BCUT2D eigenvalue weighted by atomic mass is 16.7. The number of carbonyl (C=O) groups is 1.